The van der Waals surface area contributed by atoms with E-state index in [-0.39, 0.29) is 11.5 Å². The number of amidine groups is 1. The Morgan fingerprint density at radius 2 is 1.89 bits per heavy atom. The van der Waals surface area contributed by atoms with Crippen LogP contribution in [0.5, 0.6) is 0 Å². The molecule has 104 valence electrons. The Hall–Kier alpha value is -2.25. The molecule has 0 atom stereocenters. The first kappa shape index (κ1) is 14.8. The van der Waals surface area contributed by atoms with Crippen molar-refractivity contribution in [1.29, 1.82) is 0 Å². The molecule has 5 nitrogen and oxygen atoms in total. The fourth-order valence-electron chi connectivity index (χ4n) is 1.35. The molecule has 0 aliphatic carbocycles. The first-order valence-corrected chi connectivity index (χ1v) is 5.16. The van der Waals surface area contributed by atoms with Gasteiger partial charge in [0.15, 0.2) is 5.84 Å². The van der Waals surface area contributed by atoms with Crippen molar-refractivity contribution >= 4 is 17.4 Å². The largest absolute Gasteiger partial charge is 0.409 e. The third kappa shape index (κ3) is 4.16. The predicted octanol–water partition coefficient (Wildman–Crippen LogP) is 1.70. The zero-order chi connectivity index (χ0) is 14.6. The lowest BCUT2D eigenvalue weighted by atomic mass is 10.2. The van der Waals surface area contributed by atoms with Gasteiger partial charge in [-0.25, -0.2) is 0 Å². The molecule has 1 rings (SSSR count). The molecule has 0 heterocycles. The van der Waals surface area contributed by atoms with E-state index in [9.17, 15) is 18.0 Å². The number of carbonyl (C=O) groups excluding carboxylic acids is 1. The molecule has 1 aromatic rings. The number of oxime groups is 1. The summed E-state index contributed by atoms with van der Waals surface area (Å²) in [5, 5.41) is 11.2. The van der Waals surface area contributed by atoms with E-state index in [0.29, 0.717) is 5.56 Å². The zero-order valence-electron chi connectivity index (χ0n) is 9.98. The molecule has 3 N–H and O–H groups in total. The summed E-state index contributed by atoms with van der Waals surface area (Å²) >= 11 is 0. The summed E-state index contributed by atoms with van der Waals surface area (Å²) in [6, 6.07) is 5.67. The smallest absolute Gasteiger partial charge is 0.397 e. The number of nitrogens with zero attached hydrogens (tertiary/aromatic N) is 2. The van der Waals surface area contributed by atoms with E-state index in [2.05, 4.69) is 5.16 Å². The Morgan fingerprint density at radius 1 is 1.37 bits per heavy atom. The molecule has 0 aliphatic rings. The Morgan fingerprint density at radius 3 is 2.32 bits per heavy atom. The second-order valence-electron chi connectivity index (χ2n) is 3.78. The van der Waals surface area contributed by atoms with Crippen molar-refractivity contribution in [3.05, 3.63) is 29.8 Å². The van der Waals surface area contributed by atoms with Gasteiger partial charge >= 0.3 is 6.18 Å². The van der Waals surface area contributed by atoms with Crippen LogP contribution < -0.4 is 10.6 Å². The van der Waals surface area contributed by atoms with E-state index in [1.807, 2.05) is 0 Å². The highest BCUT2D eigenvalue weighted by Gasteiger charge is 2.32. The third-order valence-electron chi connectivity index (χ3n) is 2.38. The third-order valence-corrected chi connectivity index (χ3v) is 2.38. The highest BCUT2D eigenvalue weighted by atomic mass is 19.4. The number of halogens is 3. The lowest BCUT2D eigenvalue weighted by molar-refractivity contribution is -0.151. The van der Waals surface area contributed by atoms with E-state index in [0.717, 1.165) is 4.90 Å². The minimum atomic E-state index is -4.54. The minimum Gasteiger partial charge on any atom is -0.409 e. The van der Waals surface area contributed by atoms with Crippen molar-refractivity contribution in [3.63, 3.8) is 0 Å². The number of hydrogen-bond donors (Lipinski definition) is 2. The van der Waals surface area contributed by atoms with Gasteiger partial charge in [-0.05, 0) is 24.3 Å². The van der Waals surface area contributed by atoms with Gasteiger partial charge in [-0.1, -0.05) is 5.16 Å². The van der Waals surface area contributed by atoms with Crippen LogP contribution in [0.4, 0.5) is 18.9 Å². The van der Waals surface area contributed by atoms with Crippen LogP contribution in [-0.2, 0) is 4.79 Å². The number of hydrogen-bond acceptors (Lipinski definition) is 3. The summed E-state index contributed by atoms with van der Waals surface area (Å²) in [6.07, 6.45) is -6.06. The van der Waals surface area contributed by atoms with Crippen LogP contribution in [0.1, 0.15) is 12.0 Å². The number of amides is 1. The van der Waals surface area contributed by atoms with Crippen molar-refractivity contribution < 1.29 is 23.2 Å². The van der Waals surface area contributed by atoms with E-state index < -0.39 is 18.5 Å². The van der Waals surface area contributed by atoms with Gasteiger partial charge in [-0.15, -0.1) is 0 Å². The van der Waals surface area contributed by atoms with E-state index in [4.69, 9.17) is 10.9 Å². The molecule has 0 saturated heterocycles. The highest BCUT2D eigenvalue weighted by Crippen LogP contribution is 2.22. The first-order valence-electron chi connectivity index (χ1n) is 5.16. The molecule has 1 amide bonds. The standard InChI is InChI=1S/C11H12F3N3O2/c1-17(9(18)6-11(12,13)14)8-4-2-7(3-5-8)10(15)16-19/h2-5,19H,6H2,1H3,(H2,15,16). The summed E-state index contributed by atoms with van der Waals surface area (Å²) in [7, 11) is 1.24. The van der Waals surface area contributed by atoms with E-state index in [1.54, 1.807) is 0 Å². The number of rotatable bonds is 3. The second-order valence-corrected chi connectivity index (χ2v) is 3.78. The van der Waals surface area contributed by atoms with Gasteiger partial charge in [0.1, 0.15) is 6.42 Å². The van der Waals surface area contributed by atoms with Crippen molar-refractivity contribution in [3.8, 4) is 0 Å². The maximum Gasteiger partial charge on any atom is 0.397 e. The molecular formula is C11H12F3N3O2. The Kier molecular flexibility index (Phi) is 4.36. The lowest BCUT2D eigenvalue weighted by Gasteiger charge is -2.18. The number of nitrogens with two attached hydrogens (primary N) is 1. The maximum atomic E-state index is 12.1. The number of anilines is 1. The molecular weight excluding hydrogens is 263 g/mol. The summed E-state index contributed by atoms with van der Waals surface area (Å²) in [4.78, 5) is 12.2. The number of benzene rings is 1. The molecule has 19 heavy (non-hydrogen) atoms. The highest BCUT2D eigenvalue weighted by molar-refractivity contribution is 5.98. The second kappa shape index (κ2) is 5.59. The molecule has 8 heteroatoms. The van der Waals surface area contributed by atoms with Crippen LogP contribution in [0, 0.1) is 0 Å². The fourth-order valence-corrected chi connectivity index (χ4v) is 1.35. The topological polar surface area (TPSA) is 78.9 Å². The molecule has 0 radical (unpaired) electrons. The lowest BCUT2D eigenvalue weighted by Crippen LogP contribution is -2.30. The van der Waals surface area contributed by atoms with Gasteiger partial charge in [0, 0.05) is 18.3 Å². The summed E-state index contributed by atoms with van der Waals surface area (Å²) in [5.41, 5.74) is 6.01. The van der Waals surface area contributed by atoms with Gasteiger partial charge in [-0.2, -0.15) is 13.2 Å². The average Bonchev–Trinajstić information content (AvgIpc) is 2.35. The van der Waals surface area contributed by atoms with Gasteiger partial charge in [0.05, 0.1) is 0 Å². The van der Waals surface area contributed by atoms with E-state index in [1.165, 1.54) is 31.3 Å². The molecule has 0 unspecified atom stereocenters. The van der Waals surface area contributed by atoms with Gasteiger partial charge in [0.25, 0.3) is 0 Å². The van der Waals surface area contributed by atoms with Crippen LogP contribution in [0.15, 0.2) is 29.4 Å². The van der Waals surface area contributed by atoms with Crippen LogP contribution in [0.25, 0.3) is 0 Å². The van der Waals surface area contributed by atoms with Gasteiger partial charge in [-0.3, -0.25) is 4.79 Å². The molecule has 0 bridgehead atoms. The number of alkyl halides is 3. The summed E-state index contributed by atoms with van der Waals surface area (Å²) in [6.45, 7) is 0. The van der Waals surface area contributed by atoms with Gasteiger partial charge in [0.2, 0.25) is 5.91 Å². The van der Waals surface area contributed by atoms with Crippen LogP contribution in [0.2, 0.25) is 0 Å². The molecule has 0 spiro atoms. The Balaban J connectivity index is 2.84. The maximum absolute atomic E-state index is 12.1. The Bertz CT molecular complexity index is 483. The first-order chi connectivity index (χ1) is 8.74. The summed E-state index contributed by atoms with van der Waals surface area (Å²) in [5.74, 6) is -1.19. The zero-order valence-corrected chi connectivity index (χ0v) is 9.98. The Labute approximate surface area is 107 Å². The van der Waals surface area contributed by atoms with E-state index >= 15 is 0 Å². The monoisotopic (exact) mass is 275 g/mol. The van der Waals surface area contributed by atoms with Crippen LogP contribution in [0.3, 0.4) is 0 Å². The SMILES string of the molecule is CN(C(=O)CC(F)(F)F)c1ccc(C(N)=NO)cc1. The quantitative estimate of drug-likeness (QED) is 0.381. The van der Waals surface area contributed by atoms with Crippen LogP contribution in [-0.4, -0.2) is 30.2 Å². The number of carbonyl (C=O) groups is 1. The molecule has 0 aliphatic heterocycles. The molecule has 1 aromatic carbocycles. The fraction of sp³-hybridized carbons (Fsp3) is 0.273. The average molecular weight is 275 g/mol. The van der Waals surface area contributed by atoms with Crippen molar-refractivity contribution in [2.24, 2.45) is 10.9 Å². The summed E-state index contributed by atoms with van der Waals surface area (Å²) < 4.78 is 36.3. The van der Waals surface area contributed by atoms with Gasteiger partial charge < -0.3 is 15.8 Å². The minimum absolute atomic E-state index is 0.129. The normalized spacial score (nSPS) is 12.3. The van der Waals surface area contributed by atoms with Crippen molar-refractivity contribution in [1.82, 2.24) is 0 Å². The molecule has 0 saturated carbocycles. The van der Waals surface area contributed by atoms with Crippen LogP contribution >= 0.6 is 0 Å². The van der Waals surface area contributed by atoms with Crippen molar-refractivity contribution in [2.75, 3.05) is 11.9 Å². The molecule has 0 fully saturated rings. The molecule has 0 aromatic heterocycles. The van der Waals surface area contributed by atoms with Crippen molar-refractivity contribution in [2.45, 2.75) is 12.6 Å². The predicted molar refractivity (Wildman–Crippen MR) is 63.0 cm³/mol.